The third-order valence-corrected chi connectivity index (χ3v) is 17.3. The number of rotatable bonds is 12. The first-order chi connectivity index (χ1) is 22.8. The Hall–Kier alpha value is -1.36. The van der Waals surface area contributed by atoms with Crippen molar-refractivity contribution in [3.05, 3.63) is 12.2 Å². The van der Waals surface area contributed by atoms with Gasteiger partial charge in [0.15, 0.2) is 0 Å². The van der Waals surface area contributed by atoms with Crippen LogP contribution in [0.1, 0.15) is 159 Å². The molecule has 6 saturated carbocycles. The molecule has 5 nitrogen and oxygen atoms in total. The van der Waals surface area contributed by atoms with Gasteiger partial charge in [-0.2, -0.15) is 0 Å². The topological polar surface area (TPSA) is 66.8 Å². The predicted molar refractivity (Wildman–Crippen MR) is 199 cm³/mol. The molecule has 6 rings (SSSR count). The smallest absolute Gasteiger partial charge is 0.306 e. The lowest BCUT2D eigenvalue weighted by Gasteiger charge is -2.73. The number of aliphatic carboxylic acids is 1. The molecule has 6 aliphatic carbocycles. The van der Waals surface area contributed by atoms with Crippen molar-refractivity contribution in [1.82, 2.24) is 4.90 Å². The van der Waals surface area contributed by atoms with Crippen molar-refractivity contribution in [1.29, 1.82) is 0 Å². The maximum absolute atomic E-state index is 13.2. The number of hydrogen-bond donors (Lipinski definition) is 1. The zero-order valence-electron chi connectivity index (χ0n) is 33.1. The molecule has 10 atom stereocenters. The monoisotopic (exact) mass is 680 g/mol. The fourth-order valence-corrected chi connectivity index (χ4v) is 14.4. The van der Waals surface area contributed by atoms with E-state index in [-0.39, 0.29) is 35.7 Å². The second-order valence-electron chi connectivity index (χ2n) is 20.9. The number of carboxylic acid groups (broad SMARTS) is 1. The van der Waals surface area contributed by atoms with Crippen LogP contribution in [-0.2, 0) is 14.3 Å². The molecule has 0 aromatic rings. The number of carbonyl (C=O) groups excluding carboxylic acids is 1. The van der Waals surface area contributed by atoms with Gasteiger partial charge in [-0.1, -0.05) is 67.5 Å². The van der Waals surface area contributed by atoms with Crippen molar-refractivity contribution in [2.24, 2.45) is 68.0 Å². The summed E-state index contributed by atoms with van der Waals surface area (Å²) in [6, 6.07) is 0. The van der Waals surface area contributed by atoms with Crippen molar-refractivity contribution in [2.75, 3.05) is 19.6 Å². The van der Waals surface area contributed by atoms with E-state index >= 15 is 0 Å². The molecule has 6 fully saturated rings. The lowest BCUT2D eigenvalue weighted by Crippen LogP contribution is -2.66. The van der Waals surface area contributed by atoms with Gasteiger partial charge in [-0.15, -0.1) is 0 Å². The van der Waals surface area contributed by atoms with Crippen LogP contribution in [0.2, 0.25) is 0 Å². The van der Waals surface area contributed by atoms with Gasteiger partial charge >= 0.3 is 11.9 Å². The highest BCUT2D eigenvalue weighted by molar-refractivity contribution is 5.73. The Balaban J connectivity index is 1.22. The maximum Gasteiger partial charge on any atom is 0.306 e. The Morgan fingerprint density at radius 2 is 1.57 bits per heavy atom. The van der Waals surface area contributed by atoms with E-state index in [1.807, 2.05) is 13.8 Å². The minimum absolute atomic E-state index is 0.0242. The summed E-state index contributed by atoms with van der Waals surface area (Å²) in [7, 11) is 0. The molecule has 0 amide bonds. The summed E-state index contributed by atoms with van der Waals surface area (Å²) >= 11 is 0. The molecule has 5 heteroatoms. The van der Waals surface area contributed by atoms with Gasteiger partial charge in [0.25, 0.3) is 0 Å². The summed E-state index contributed by atoms with van der Waals surface area (Å²) in [4.78, 5) is 27.4. The molecule has 278 valence electrons. The fourth-order valence-electron chi connectivity index (χ4n) is 14.4. The van der Waals surface area contributed by atoms with Crippen LogP contribution in [0.15, 0.2) is 12.2 Å². The average molecular weight is 680 g/mol. The highest BCUT2D eigenvalue weighted by atomic mass is 16.5. The van der Waals surface area contributed by atoms with Crippen LogP contribution in [0, 0.1) is 68.0 Å². The summed E-state index contributed by atoms with van der Waals surface area (Å²) in [5, 5.41) is 9.35. The van der Waals surface area contributed by atoms with Crippen LogP contribution in [0.25, 0.3) is 0 Å². The molecular weight excluding hydrogens is 606 g/mol. The van der Waals surface area contributed by atoms with Gasteiger partial charge in [0, 0.05) is 12.0 Å². The molecule has 0 spiro atoms. The zero-order valence-corrected chi connectivity index (χ0v) is 33.1. The Kier molecular flexibility index (Phi) is 9.88. The van der Waals surface area contributed by atoms with Gasteiger partial charge < -0.3 is 14.7 Å². The molecule has 1 N–H and O–H groups in total. The molecule has 0 saturated heterocycles. The standard InChI is InChI=1S/C44H73NO4/c1-11-45(28-30-12-13-30)25-24-44-21-16-31(29(2)3)38(44)32-14-15-34-41(8)19-18-35(49-37(48)27-39(4,5)26-36(46)47)40(6,7)33(41)17-20-43(34,10)42(32,9)22-23-44/h30-35,38H,2,11-28H2,1,3-10H3,(H,46,47)/t31-,32+,33-,34+,35-,38+,41-,42+,43+,44+/m0/s1. The van der Waals surface area contributed by atoms with Crippen molar-refractivity contribution in [3.63, 3.8) is 0 Å². The van der Waals surface area contributed by atoms with Crippen LogP contribution >= 0.6 is 0 Å². The SMILES string of the molecule is C=C(C)[C@@H]1CC[C@]2(CCN(CC)CC3CC3)CC[C@]3(C)[C@H](CC[C@@H]4[C@@]5(C)CC[C@H](OC(=O)CC(C)(C)CC(=O)O)C(C)(C)[C@@H]5CC[C@]43C)[C@@H]12. The van der Waals surface area contributed by atoms with Crippen molar-refractivity contribution >= 4 is 11.9 Å². The first kappa shape index (κ1) is 37.4. The highest BCUT2D eigenvalue weighted by Crippen LogP contribution is 2.78. The number of allylic oxidation sites excluding steroid dienone is 1. The van der Waals surface area contributed by atoms with Crippen molar-refractivity contribution < 1.29 is 19.4 Å². The molecule has 0 aliphatic heterocycles. The molecular formula is C44H73NO4. The van der Waals surface area contributed by atoms with Crippen molar-refractivity contribution in [2.45, 2.75) is 165 Å². The number of ether oxygens (including phenoxy) is 1. The summed E-state index contributed by atoms with van der Waals surface area (Å²) in [5.74, 6) is 3.32. The molecule has 0 aromatic heterocycles. The van der Waals surface area contributed by atoms with Gasteiger partial charge in [0.05, 0.1) is 12.8 Å². The molecule has 0 heterocycles. The highest BCUT2D eigenvalue weighted by Gasteiger charge is 2.71. The Morgan fingerprint density at radius 3 is 2.20 bits per heavy atom. The number of hydrogen-bond acceptors (Lipinski definition) is 4. The van der Waals surface area contributed by atoms with Gasteiger partial charge in [0.1, 0.15) is 6.10 Å². The number of esters is 1. The third-order valence-electron chi connectivity index (χ3n) is 17.3. The lowest BCUT2D eigenvalue weighted by atomic mass is 9.32. The Labute approximate surface area is 300 Å². The first-order valence-corrected chi connectivity index (χ1v) is 20.6. The molecule has 0 bridgehead atoms. The van der Waals surface area contributed by atoms with Gasteiger partial charge in [-0.3, -0.25) is 9.59 Å². The fraction of sp³-hybridized carbons (Fsp3) is 0.909. The minimum atomic E-state index is -0.862. The summed E-state index contributed by atoms with van der Waals surface area (Å²) in [6.45, 7) is 29.8. The van der Waals surface area contributed by atoms with E-state index in [1.54, 1.807) is 0 Å². The van der Waals surface area contributed by atoms with E-state index in [9.17, 15) is 14.7 Å². The number of fused-ring (bicyclic) bond motifs is 7. The molecule has 0 unspecified atom stereocenters. The summed E-state index contributed by atoms with van der Waals surface area (Å²) in [6.07, 6.45) is 17.1. The van der Waals surface area contributed by atoms with Crippen molar-refractivity contribution in [3.8, 4) is 0 Å². The van der Waals surface area contributed by atoms with E-state index in [0.29, 0.717) is 34.0 Å². The average Bonchev–Trinajstić information content (AvgIpc) is 3.73. The lowest BCUT2D eigenvalue weighted by molar-refractivity contribution is -0.250. The maximum atomic E-state index is 13.2. The van der Waals surface area contributed by atoms with E-state index < -0.39 is 11.4 Å². The Morgan fingerprint density at radius 1 is 0.857 bits per heavy atom. The van der Waals surface area contributed by atoms with E-state index in [1.165, 1.54) is 95.8 Å². The van der Waals surface area contributed by atoms with Crippen LogP contribution < -0.4 is 0 Å². The van der Waals surface area contributed by atoms with E-state index in [4.69, 9.17) is 4.74 Å². The Bertz CT molecular complexity index is 1280. The van der Waals surface area contributed by atoms with E-state index in [2.05, 4.69) is 59.9 Å². The van der Waals surface area contributed by atoms with Crippen LogP contribution in [0.3, 0.4) is 0 Å². The third kappa shape index (κ3) is 6.39. The summed E-state index contributed by atoms with van der Waals surface area (Å²) < 4.78 is 6.31. The minimum Gasteiger partial charge on any atom is -0.481 e. The molecule has 0 aromatic carbocycles. The normalized spacial score (nSPS) is 42.8. The largest absolute Gasteiger partial charge is 0.481 e. The quantitative estimate of drug-likeness (QED) is 0.164. The van der Waals surface area contributed by atoms with Crippen LogP contribution in [0.4, 0.5) is 0 Å². The predicted octanol–water partition coefficient (Wildman–Crippen LogP) is 10.6. The number of carboxylic acids is 1. The number of nitrogens with zero attached hydrogens (tertiary/aromatic N) is 1. The molecule has 0 radical (unpaired) electrons. The zero-order chi connectivity index (χ0) is 35.8. The van der Waals surface area contributed by atoms with Gasteiger partial charge in [0.2, 0.25) is 0 Å². The molecule has 49 heavy (non-hydrogen) atoms. The second kappa shape index (κ2) is 12.9. The van der Waals surface area contributed by atoms with Gasteiger partial charge in [-0.25, -0.2) is 0 Å². The van der Waals surface area contributed by atoms with Gasteiger partial charge in [-0.05, 0) is 166 Å². The van der Waals surface area contributed by atoms with Crippen LogP contribution in [0.5, 0.6) is 0 Å². The van der Waals surface area contributed by atoms with E-state index in [0.717, 1.165) is 30.6 Å². The summed E-state index contributed by atoms with van der Waals surface area (Å²) in [5.41, 5.74) is 2.11. The second-order valence-corrected chi connectivity index (χ2v) is 20.9. The number of carbonyl (C=O) groups is 2. The first-order valence-electron chi connectivity index (χ1n) is 20.6. The molecule has 6 aliphatic rings. The van der Waals surface area contributed by atoms with Crippen LogP contribution in [-0.4, -0.2) is 47.7 Å².